The Kier molecular flexibility index (Phi) is 8.85. The smallest absolute Gasteiger partial charge is 0.303 e. The van der Waals surface area contributed by atoms with Crippen LogP contribution in [0.4, 0.5) is 0 Å². The molecule has 1 aliphatic carbocycles. The second-order valence-corrected chi connectivity index (χ2v) is 10.1. The number of amides is 1. The number of aliphatic hydroxyl groups is 1. The highest BCUT2D eigenvalue weighted by Crippen LogP contribution is 2.47. The zero-order chi connectivity index (χ0) is 24.9. The second-order valence-electron chi connectivity index (χ2n) is 10.1. The van der Waals surface area contributed by atoms with Gasteiger partial charge in [-0.05, 0) is 63.1 Å². The predicted molar refractivity (Wildman–Crippen MR) is 130 cm³/mol. The van der Waals surface area contributed by atoms with Crippen LogP contribution in [0.3, 0.4) is 0 Å². The minimum Gasteiger partial charge on any atom is -0.493 e. The monoisotopic (exact) mass is 475 g/mol. The molecular weight excluding hydrogens is 434 g/mol. The lowest BCUT2D eigenvalue weighted by Crippen LogP contribution is -2.42. The van der Waals surface area contributed by atoms with Crippen LogP contribution in [0.1, 0.15) is 84.1 Å². The summed E-state index contributed by atoms with van der Waals surface area (Å²) in [5.41, 5.74) is 0.450. The zero-order valence-corrected chi connectivity index (χ0v) is 21.3. The summed E-state index contributed by atoms with van der Waals surface area (Å²) in [4.78, 5) is 26.8. The SMILES string of the molecule is CCCC[C@@H](OC(C)=O)C(=O)N1C[C@@H](c2ccc(OC)c(OC3CCCC3)c2)[C@](C)([C@@H](C)O)C1. The summed E-state index contributed by atoms with van der Waals surface area (Å²) in [7, 11) is 1.64. The molecular formula is C27H41NO6. The molecule has 1 saturated carbocycles. The maximum absolute atomic E-state index is 13.4. The van der Waals surface area contributed by atoms with E-state index in [4.69, 9.17) is 14.2 Å². The molecule has 3 rings (SSSR count). The van der Waals surface area contributed by atoms with Crippen LogP contribution in [0.2, 0.25) is 0 Å². The lowest BCUT2D eigenvalue weighted by atomic mass is 9.72. The summed E-state index contributed by atoms with van der Waals surface area (Å²) < 4.78 is 17.2. The van der Waals surface area contributed by atoms with Gasteiger partial charge >= 0.3 is 5.97 Å². The predicted octanol–water partition coefficient (Wildman–Crippen LogP) is 4.45. The average molecular weight is 476 g/mol. The Balaban J connectivity index is 1.87. The first-order valence-corrected chi connectivity index (χ1v) is 12.7. The third-order valence-corrected chi connectivity index (χ3v) is 7.59. The molecule has 1 saturated heterocycles. The molecule has 7 nitrogen and oxygen atoms in total. The average Bonchev–Trinajstić information content (AvgIpc) is 3.44. The van der Waals surface area contributed by atoms with Crippen LogP contribution in [-0.4, -0.2) is 60.4 Å². The van der Waals surface area contributed by atoms with Crippen LogP contribution in [0.15, 0.2) is 18.2 Å². The molecule has 1 aliphatic heterocycles. The number of unbranched alkanes of at least 4 members (excludes halogenated alkanes) is 1. The number of carbonyl (C=O) groups is 2. The van der Waals surface area contributed by atoms with Crippen molar-refractivity contribution in [1.82, 2.24) is 4.90 Å². The third kappa shape index (κ3) is 5.85. The number of ether oxygens (including phenoxy) is 3. The molecule has 0 unspecified atom stereocenters. The van der Waals surface area contributed by atoms with Gasteiger partial charge in [0, 0.05) is 31.3 Å². The molecule has 1 N–H and O–H groups in total. The number of hydrogen-bond donors (Lipinski definition) is 1. The van der Waals surface area contributed by atoms with Crippen molar-refractivity contribution in [3.05, 3.63) is 23.8 Å². The largest absolute Gasteiger partial charge is 0.493 e. The van der Waals surface area contributed by atoms with Crippen molar-refractivity contribution in [2.45, 2.75) is 96.9 Å². The van der Waals surface area contributed by atoms with Crippen molar-refractivity contribution in [3.63, 3.8) is 0 Å². The summed E-state index contributed by atoms with van der Waals surface area (Å²) in [6.07, 6.45) is 5.41. The van der Waals surface area contributed by atoms with Gasteiger partial charge in [0.2, 0.25) is 0 Å². The summed E-state index contributed by atoms with van der Waals surface area (Å²) in [6.45, 7) is 8.01. The van der Waals surface area contributed by atoms with E-state index < -0.39 is 23.6 Å². The minimum absolute atomic E-state index is 0.0996. The molecule has 2 fully saturated rings. The highest BCUT2D eigenvalue weighted by molar-refractivity contribution is 5.84. The number of aliphatic hydroxyl groups excluding tert-OH is 1. The van der Waals surface area contributed by atoms with Gasteiger partial charge in [0.1, 0.15) is 0 Å². The lowest BCUT2D eigenvalue weighted by Gasteiger charge is -2.34. The van der Waals surface area contributed by atoms with E-state index >= 15 is 0 Å². The van der Waals surface area contributed by atoms with E-state index in [1.54, 1.807) is 18.9 Å². The fraction of sp³-hybridized carbons (Fsp3) is 0.704. The fourth-order valence-electron chi connectivity index (χ4n) is 5.31. The quantitative estimate of drug-likeness (QED) is 0.503. The van der Waals surface area contributed by atoms with Crippen molar-refractivity contribution < 1.29 is 28.9 Å². The van der Waals surface area contributed by atoms with Crippen LogP contribution in [0.5, 0.6) is 11.5 Å². The standard InChI is InChI=1S/C27H41NO6/c1-6-7-12-24(33-19(3)30)26(31)28-16-22(27(4,17-28)18(2)29)20-13-14-23(32-5)25(15-20)34-21-10-8-9-11-21/h13-15,18,21-22,24,29H,6-12,16-17H2,1-5H3/t18-,22+,24-,27+/m1/s1. The molecule has 190 valence electrons. The number of carbonyl (C=O) groups excluding carboxylic acids is 2. The number of benzene rings is 1. The number of likely N-dealkylation sites (tertiary alicyclic amines) is 1. The first kappa shape index (κ1) is 26.3. The minimum atomic E-state index is -0.786. The topological polar surface area (TPSA) is 85.3 Å². The van der Waals surface area contributed by atoms with E-state index in [0.29, 0.717) is 31.0 Å². The van der Waals surface area contributed by atoms with E-state index in [1.165, 1.54) is 19.8 Å². The molecule has 1 heterocycles. The molecule has 1 amide bonds. The maximum Gasteiger partial charge on any atom is 0.303 e. The van der Waals surface area contributed by atoms with Crippen molar-refractivity contribution >= 4 is 11.9 Å². The van der Waals surface area contributed by atoms with Crippen molar-refractivity contribution in [3.8, 4) is 11.5 Å². The normalized spacial score (nSPS) is 24.6. The van der Waals surface area contributed by atoms with Gasteiger partial charge in [-0.3, -0.25) is 9.59 Å². The van der Waals surface area contributed by atoms with Gasteiger partial charge < -0.3 is 24.2 Å². The van der Waals surface area contributed by atoms with Gasteiger partial charge in [-0.1, -0.05) is 26.3 Å². The van der Waals surface area contributed by atoms with Crippen molar-refractivity contribution in [2.24, 2.45) is 5.41 Å². The fourth-order valence-corrected chi connectivity index (χ4v) is 5.31. The van der Waals surface area contributed by atoms with E-state index in [9.17, 15) is 14.7 Å². The van der Waals surface area contributed by atoms with Crippen LogP contribution < -0.4 is 9.47 Å². The second kappa shape index (κ2) is 11.4. The van der Waals surface area contributed by atoms with E-state index in [-0.39, 0.29) is 17.9 Å². The number of hydrogen-bond acceptors (Lipinski definition) is 6. The van der Waals surface area contributed by atoms with Gasteiger partial charge in [0.15, 0.2) is 17.6 Å². The Hall–Kier alpha value is -2.28. The maximum atomic E-state index is 13.4. The van der Waals surface area contributed by atoms with Gasteiger partial charge in [0.05, 0.1) is 19.3 Å². The van der Waals surface area contributed by atoms with Crippen molar-refractivity contribution in [2.75, 3.05) is 20.2 Å². The lowest BCUT2D eigenvalue weighted by molar-refractivity contribution is -0.159. The Labute approximate surface area is 203 Å². The molecule has 34 heavy (non-hydrogen) atoms. The first-order valence-electron chi connectivity index (χ1n) is 12.7. The van der Waals surface area contributed by atoms with Gasteiger partial charge in [-0.15, -0.1) is 0 Å². The molecule has 0 spiro atoms. The van der Waals surface area contributed by atoms with Crippen LogP contribution >= 0.6 is 0 Å². The van der Waals surface area contributed by atoms with Gasteiger partial charge in [-0.25, -0.2) is 0 Å². The number of rotatable bonds is 10. The molecule has 0 aromatic heterocycles. The van der Waals surface area contributed by atoms with E-state index in [2.05, 4.69) is 0 Å². The Morgan fingerprint density at radius 3 is 2.53 bits per heavy atom. The molecule has 0 bridgehead atoms. The van der Waals surface area contributed by atoms with E-state index in [1.807, 2.05) is 32.0 Å². The zero-order valence-electron chi connectivity index (χ0n) is 21.3. The van der Waals surface area contributed by atoms with Crippen LogP contribution in [0, 0.1) is 5.41 Å². The molecule has 2 aliphatic rings. The van der Waals surface area contributed by atoms with Crippen molar-refractivity contribution in [1.29, 1.82) is 0 Å². The molecule has 7 heteroatoms. The molecule has 1 aromatic rings. The van der Waals surface area contributed by atoms with Crippen LogP contribution in [0.25, 0.3) is 0 Å². The summed E-state index contributed by atoms with van der Waals surface area (Å²) in [6, 6.07) is 5.92. The number of esters is 1. The third-order valence-electron chi connectivity index (χ3n) is 7.59. The Morgan fingerprint density at radius 2 is 1.94 bits per heavy atom. The van der Waals surface area contributed by atoms with Crippen LogP contribution in [-0.2, 0) is 14.3 Å². The Morgan fingerprint density at radius 1 is 1.24 bits per heavy atom. The first-order chi connectivity index (χ1) is 16.2. The summed E-state index contributed by atoms with van der Waals surface area (Å²) in [5, 5.41) is 10.8. The summed E-state index contributed by atoms with van der Waals surface area (Å²) >= 11 is 0. The molecule has 4 atom stereocenters. The molecule has 0 radical (unpaired) electrons. The summed E-state index contributed by atoms with van der Waals surface area (Å²) in [5.74, 6) is 0.666. The molecule has 1 aromatic carbocycles. The van der Waals surface area contributed by atoms with Gasteiger partial charge in [0.25, 0.3) is 5.91 Å². The number of nitrogens with zero attached hydrogens (tertiary/aromatic N) is 1. The van der Waals surface area contributed by atoms with E-state index in [0.717, 1.165) is 31.2 Å². The highest BCUT2D eigenvalue weighted by Gasteiger charge is 2.49. The number of methoxy groups -OCH3 is 1. The highest BCUT2D eigenvalue weighted by atomic mass is 16.5. The van der Waals surface area contributed by atoms with Gasteiger partial charge in [-0.2, -0.15) is 0 Å². The Bertz CT molecular complexity index is 850.